The maximum Gasteiger partial charge on any atom is 0.409 e. The highest BCUT2D eigenvalue weighted by molar-refractivity contribution is 14.0. The van der Waals surface area contributed by atoms with Crippen LogP contribution in [0.25, 0.3) is 0 Å². The molecule has 1 amide bonds. The number of hydrogen-bond donors (Lipinski definition) is 2. The summed E-state index contributed by atoms with van der Waals surface area (Å²) in [4.78, 5) is 22.4. The van der Waals surface area contributed by atoms with Crippen LogP contribution in [0.2, 0.25) is 0 Å². The van der Waals surface area contributed by atoms with Crippen LogP contribution in [0.4, 0.5) is 4.79 Å². The number of rotatable bonds is 6. The molecule has 2 N–H and O–H groups in total. The number of aliphatic imine (C=N–C) groups is 1. The minimum Gasteiger partial charge on any atom is -0.450 e. The second kappa shape index (κ2) is 12.6. The first-order chi connectivity index (χ1) is 13.7. The number of carbonyl (C=O) groups is 1. The second-order valence-electron chi connectivity index (χ2n) is 7.26. The molecule has 9 heteroatoms. The van der Waals surface area contributed by atoms with Gasteiger partial charge in [0, 0.05) is 50.2 Å². The molecule has 2 aliphatic heterocycles. The van der Waals surface area contributed by atoms with E-state index in [1.54, 1.807) is 9.78 Å². The molecule has 0 aliphatic carbocycles. The van der Waals surface area contributed by atoms with Crippen LogP contribution in [0.5, 0.6) is 0 Å². The molecule has 2 aliphatic rings. The first-order valence-electron chi connectivity index (χ1n) is 10.4. The first kappa shape index (κ1) is 24.2. The third kappa shape index (κ3) is 7.29. The van der Waals surface area contributed by atoms with Crippen molar-refractivity contribution in [2.24, 2.45) is 4.99 Å². The summed E-state index contributed by atoms with van der Waals surface area (Å²) in [5, 5.41) is 9.09. The lowest BCUT2D eigenvalue weighted by molar-refractivity contribution is 0.0963. The van der Waals surface area contributed by atoms with E-state index in [1.165, 1.54) is 5.56 Å². The lowest BCUT2D eigenvalue weighted by Crippen LogP contribution is -2.50. The lowest BCUT2D eigenvalue weighted by Gasteiger charge is -2.32. The van der Waals surface area contributed by atoms with Crippen molar-refractivity contribution in [2.75, 3.05) is 45.9 Å². The molecular weight excluding hydrogens is 501 g/mol. The summed E-state index contributed by atoms with van der Waals surface area (Å²) in [5.74, 6) is 0.880. The van der Waals surface area contributed by atoms with Gasteiger partial charge in [0.25, 0.3) is 0 Å². The molecule has 0 aromatic carbocycles. The summed E-state index contributed by atoms with van der Waals surface area (Å²) in [5.41, 5.74) is 1.48. The second-order valence-corrected chi connectivity index (χ2v) is 8.26. The van der Waals surface area contributed by atoms with Gasteiger partial charge in [-0.3, -0.25) is 9.89 Å². The van der Waals surface area contributed by atoms with Gasteiger partial charge in [-0.05, 0) is 50.1 Å². The minimum atomic E-state index is -0.197. The molecular formula is C20H34IN5O2S. The number of halogens is 1. The molecule has 29 heavy (non-hydrogen) atoms. The summed E-state index contributed by atoms with van der Waals surface area (Å²) >= 11 is 1.88. The van der Waals surface area contributed by atoms with Crippen LogP contribution >= 0.6 is 35.3 Å². The molecule has 3 heterocycles. The van der Waals surface area contributed by atoms with Gasteiger partial charge in [0.2, 0.25) is 0 Å². The van der Waals surface area contributed by atoms with Gasteiger partial charge in [-0.15, -0.1) is 35.3 Å². The fourth-order valence-electron chi connectivity index (χ4n) is 3.74. The predicted molar refractivity (Wildman–Crippen MR) is 129 cm³/mol. The van der Waals surface area contributed by atoms with Gasteiger partial charge in [0.15, 0.2) is 5.96 Å². The summed E-state index contributed by atoms with van der Waals surface area (Å²) in [7, 11) is 0. The number of nitrogens with zero attached hydrogens (tertiary/aromatic N) is 3. The van der Waals surface area contributed by atoms with Gasteiger partial charge < -0.3 is 20.3 Å². The fourth-order valence-corrected chi connectivity index (χ4v) is 4.63. The van der Waals surface area contributed by atoms with Crippen molar-refractivity contribution in [3.63, 3.8) is 0 Å². The Morgan fingerprint density at radius 3 is 2.83 bits per heavy atom. The molecule has 0 spiro atoms. The SMILES string of the molecule is CCNC(=NCCN1CCc2sccc2C1)NC1CCN(C(=O)OCC)CC1.I. The molecule has 164 valence electrons. The van der Waals surface area contributed by atoms with Gasteiger partial charge in [0.1, 0.15) is 0 Å². The number of fused-ring (bicyclic) bond motifs is 1. The van der Waals surface area contributed by atoms with Gasteiger partial charge in [-0.1, -0.05) is 0 Å². The Bertz CT molecular complexity index is 661. The first-order valence-corrected chi connectivity index (χ1v) is 11.3. The molecule has 3 rings (SSSR count). The van der Waals surface area contributed by atoms with Crippen molar-refractivity contribution in [2.45, 2.75) is 45.7 Å². The number of amides is 1. The third-order valence-electron chi connectivity index (χ3n) is 5.28. The van der Waals surface area contributed by atoms with Gasteiger partial charge in [-0.25, -0.2) is 4.79 Å². The average molecular weight is 535 g/mol. The van der Waals surface area contributed by atoms with Crippen LogP contribution in [-0.4, -0.2) is 73.8 Å². The molecule has 0 unspecified atom stereocenters. The van der Waals surface area contributed by atoms with E-state index in [1.807, 2.05) is 18.3 Å². The normalized spacial score (nSPS) is 18.0. The number of carbonyl (C=O) groups excluding carboxylic acids is 1. The number of ether oxygens (including phenoxy) is 1. The maximum absolute atomic E-state index is 11.8. The van der Waals surface area contributed by atoms with E-state index in [9.17, 15) is 4.79 Å². The number of thiophene rings is 1. The molecule has 1 aromatic rings. The van der Waals surface area contributed by atoms with Gasteiger partial charge in [-0.2, -0.15) is 0 Å². The number of hydrogen-bond acceptors (Lipinski definition) is 5. The highest BCUT2D eigenvalue weighted by Gasteiger charge is 2.24. The van der Waals surface area contributed by atoms with Crippen molar-refractivity contribution in [3.8, 4) is 0 Å². The summed E-state index contributed by atoms with van der Waals surface area (Å²) < 4.78 is 5.09. The number of likely N-dealkylation sites (tertiary alicyclic amines) is 1. The zero-order valence-corrected chi connectivity index (χ0v) is 20.6. The van der Waals surface area contributed by atoms with Crippen molar-refractivity contribution in [3.05, 3.63) is 21.9 Å². The van der Waals surface area contributed by atoms with Gasteiger partial charge in [0.05, 0.1) is 13.2 Å². The Labute approximate surface area is 195 Å². The Balaban J connectivity index is 0.00000300. The Morgan fingerprint density at radius 1 is 1.31 bits per heavy atom. The van der Waals surface area contributed by atoms with Crippen LogP contribution in [0.1, 0.15) is 37.1 Å². The van der Waals surface area contributed by atoms with Crippen LogP contribution in [-0.2, 0) is 17.7 Å². The van der Waals surface area contributed by atoms with Crippen LogP contribution in [0, 0.1) is 0 Å². The highest BCUT2D eigenvalue weighted by atomic mass is 127. The zero-order chi connectivity index (χ0) is 19.8. The van der Waals surface area contributed by atoms with Crippen LogP contribution in [0.3, 0.4) is 0 Å². The van der Waals surface area contributed by atoms with E-state index >= 15 is 0 Å². The predicted octanol–water partition coefficient (Wildman–Crippen LogP) is 2.90. The summed E-state index contributed by atoms with van der Waals surface area (Å²) in [6, 6.07) is 2.59. The molecule has 0 bridgehead atoms. The third-order valence-corrected chi connectivity index (χ3v) is 6.30. The van der Waals surface area contributed by atoms with Crippen LogP contribution in [0.15, 0.2) is 16.4 Å². The Kier molecular flexibility index (Phi) is 10.5. The van der Waals surface area contributed by atoms with E-state index in [4.69, 9.17) is 9.73 Å². The van der Waals surface area contributed by atoms with E-state index in [0.29, 0.717) is 12.6 Å². The smallest absolute Gasteiger partial charge is 0.409 e. The lowest BCUT2D eigenvalue weighted by atomic mass is 10.1. The van der Waals surface area contributed by atoms with Crippen molar-refractivity contribution in [1.29, 1.82) is 0 Å². The van der Waals surface area contributed by atoms with E-state index in [-0.39, 0.29) is 30.1 Å². The topological polar surface area (TPSA) is 69.2 Å². The number of guanidine groups is 1. The molecule has 7 nitrogen and oxygen atoms in total. The number of piperidine rings is 1. The molecule has 1 fully saturated rings. The highest BCUT2D eigenvalue weighted by Crippen LogP contribution is 2.23. The Morgan fingerprint density at radius 2 is 2.10 bits per heavy atom. The average Bonchev–Trinajstić information content (AvgIpc) is 3.17. The molecule has 0 atom stereocenters. The molecule has 1 saturated heterocycles. The minimum absolute atomic E-state index is 0. The standard InChI is InChI=1S/C20H33N5O2S.HI/c1-3-21-19(23-17-5-11-25(12-6-17)20(26)27-4-2)22-9-13-24-10-7-18-16(15-24)8-14-28-18;/h8,14,17H,3-7,9-13,15H2,1-2H3,(H2,21,22,23);1H. The van der Waals surface area contributed by atoms with Crippen molar-refractivity contribution >= 4 is 47.4 Å². The summed E-state index contributed by atoms with van der Waals surface area (Å²) in [6.45, 7) is 10.6. The quantitative estimate of drug-likeness (QED) is 0.333. The fraction of sp³-hybridized carbons (Fsp3) is 0.700. The monoisotopic (exact) mass is 535 g/mol. The van der Waals surface area contributed by atoms with E-state index < -0.39 is 0 Å². The van der Waals surface area contributed by atoms with E-state index in [0.717, 1.165) is 71.0 Å². The van der Waals surface area contributed by atoms with Crippen molar-refractivity contribution < 1.29 is 9.53 Å². The van der Waals surface area contributed by atoms with Crippen molar-refractivity contribution in [1.82, 2.24) is 20.4 Å². The summed E-state index contributed by atoms with van der Waals surface area (Å²) in [6.07, 6.45) is 2.79. The maximum atomic E-state index is 11.8. The molecule has 0 saturated carbocycles. The Hall–Kier alpha value is -1.07. The molecule has 0 radical (unpaired) electrons. The van der Waals surface area contributed by atoms with Gasteiger partial charge >= 0.3 is 6.09 Å². The van der Waals surface area contributed by atoms with Crippen LogP contribution < -0.4 is 10.6 Å². The largest absolute Gasteiger partial charge is 0.450 e. The zero-order valence-electron chi connectivity index (χ0n) is 17.5. The molecule has 1 aromatic heterocycles. The van der Waals surface area contributed by atoms with E-state index in [2.05, 4.69) is 33.9 Å². The number of nitrogens with one attached hydrogen (secondary N) is 2.